The summed E-state index contributed by atoms with van der Waals surface area (Å²) < 4.78 is 18.0. The summed E-state index contributed by atoms with van der Waals surface area (Å²) >= 11 is 0. The molecule has 2 N–H and O–H groups in total. The first-order valence-corrected chi connectivity index (χ1v) is 5.77. The SMILES string of the molecule is CC(N)c1nc(C(C)(C)c2ccc(F)cc2)no1. The van der Waals surface area contributed by atoms with Crippen LogP contribution in [0, 0.1) is 5.82 Å². The number of nitrogens with two attached hydrogens (primary N) is 1. The van der Waals surface area contributed by atoms with Gasteiger partial charge in [0.15, 0.2) is 5.82 Å². The lowest BCUT2D eigenvalue weighted by molar-refractivity contribution is 0.351. The van der Waals surface area contributed by atoms with Crippen LogP contribution in [0.2, 0.25) is 0 Å². The van der Waals surface area contributed by atoms with Gasteiger partial charge >= 0.3 is 0 Å². The van der Waals surface area contributed by atoms with Gasteiger partial charge < -0.3 is 10.3 Å². The van der Waals surface area contributed by atoms with Gasteiger partial charge in [-0.15, -0.1) is 0 Å². The van der Waals surface area contributed by atoms with Crippen molar-refractivity contribution in [2.24, 2.45) is 5.73 Å². The molecule has 1 aromatic carbocycles. The Morgan fingerprint density at radius 1 is 1.28 bits per heavy atom. The second kappa shape index (κ2) is 4.49. The molecule has 96 valence electrons. The minimum absolute atomic E-state index is 0.265. The van der Waals surface area contributed by atoms with E-state index in [9.17, 15) is 4.39 Å². The van der Waals surface area contributed by atoms with E-state index in [1.54, 1.807) is 19.1 Å². The third-order valence-electron chi connectivity index (χ3n) is 2.96. The van der Waals surface area contributed by atoms with E-state index < -0.39 is 5.41 Å². The zero-order valence-corrected chi connectivity index (χ0v) is 10.6. The highest BCUT2D eigenvalue weighted by Crippen LogP contribution is 2.29. The average molecular weight is 249 g/mol. The van der Waals surface area contributed by atoms with E-state index in [1.807, 2.05) is 13.8 Å². The Morgan fingerprint density at radius 3 is 2.39 bits per heavy atom. The molecule has 2 aromatic rings. The number of halogens is 1. The van der Waals surface area contributed by atoms with Gasteiger partial charge in [0.25, 0.3) is 0 Å². The summed E-state index contributed by atoms with van der Waals surface area (Å²) in [6.07, 6.45) is 0. The highest BCUT2D eigenvalue weighted by atomic mass is 19.1. The summed E-state index contributed by atoms with van der Waals surface area (Å²) in [7, 11) is 0. The Morgan fingerprint density at radius 2 is 1.89 bits per heavy atom. The molecule has 0 amide bonds. The van der Waals surface area contributed by atoms with Gasteiger partial charge in [-0.3, -0.25) is 0 Å². The number of aromatic nitrogens is 2. The van der Waals surface area contributed by atoms with Gasteiger partial charge in [0.05, 0.1) is 11.5 Å². The number of rotatable bonds is 3. The fourth-order valence-electron chi connectivity index (χ4n) is 1.67. The zero-order valence-electron chi connectivity index (χ0n) is 10.6. The van der Waals surface area contributed by atoms with E-state index in [0.29, 0.717) is 11.7 Å². The van der Waals surface area contributed by atoms with E-state index in [-0.39, 0.29) is 11.9 Å². The zero-order chi connectivity index (χ0) is 13.3. The van der Waals surface area contributed by atoms with Crippen molar-refractivity contribution in [3.63, 3.8) is 0 Å². The Bertz CT molecular complexity index is 531. The maximum absolute atomic E-state index is 12.9. The van der Waals surface area contributed by atoms with Crippen molar-refractivity contribution in [1.29, 1.82) is 0 Å². The second-order valence-corrected chi connectivity index (χ2v) is 4.88. The predicted octanol–water partition coefficient (Wildman–Crippen LogP) is 2.55. The van der Waals surface area contributed by atoms with Gasteiger partial charge in [-0.05, 0) is 38.5 Å². The Labute approximate surface area is 105 Å². The topological polar surface area (TPSA) is 64.9 Å². The number of hydrogen-bond donors (Lipinski definition) is 1. The van der Waals surface area contributed by atoms with E-state index in [1.165, 1.54) is 12.1 Å². The third kappa shape index (κ3) is 2.26. The van der Waals surface area contributed by atoms with Crippen LogP contribution in [0.4, 0.5) is 4.39 Å². The van der Waals surface area contributed by atoms with Crippen molar-refractivity contribution < 1.29 is 8.91 Å². The molecule has 0 spiro atoms. The lowest BCUT2D eigenvalue weighted by Gasteiger charge is -2.20. The standard InChI is InChI=1S/C13H16FN3O/c1-8(15)11-16-12(17-18-11)13(2,3)9-4-6-10(14)7-5-9/h4-8H,15H2,1-3H3. The highest BCUT2D eigenvalue weighted by molar-refractivity contribution is 5.30. The molecule has 1 unspecified atom stereocenters. The second-order valence-electron chi connectivity index (χ2n) is 4.88. The maximum Gasteiger partial charge on any atom is 0.243 e. The summed E-state index contributed by atoms with van der Waals surface area (Å²) in [5.41, 5.74) is 6.15. The summed E-state index contributed by atoms with van der Waals surface area (Å²) in [4.78, 5) is 4.28. The summed E-state index contributed by atoms with van der Waals surface area (Å²) in [6, 6.07) is 5.98. The molecule has 0 aliphatic carbocycles. The Kier molecular flexibility index (Phi) is 3.17. The van der Waals surface area contributed by atoms with Gasteiger partial charge in [0, 0.05) is 0 Å². The minimum atomic E-state index is -0.454. The monoisotopic (exact) mass is 249 g/mol. The van der Waals surface area contributed by atoms with Crippen LogP contribution < -0.4 is 5.73 Å². The fourth-order valence-corrected chi connectivity index (χ4v) is 1.67. The van der Waals surface area contributed by atoms with E-state index >= 15 is 0 Å². The van der Waals surface area contributed by atoms with E-state index in [4.69, 9.17) is 10.3 Å². The first-order valence-electron chi connectivity index (χ1n) is 5.77. The Hall–Kier alpha value is -1.75. The number of benzene rings is 1. The Balaban J connectivity index is 2.37. The molecular formula is C13H16FN3O. The highest BCUT2D eigenvalue weighted by Gasteiger charge is 2.29. The maximum atomic E-state index is 12.9. The van der Waals surface area contributed by atoms with Crippen molar-refractivity contribution in [2.45, 2.75) is 32.2 Å². The van der Waals surface area contributed by atoms with Gasteiger partial charge in [-0.2, -0.15) is 4.98 Å². The number of nitrogens with zero attached hydrogens (tertiary/aromatic N) is 2. The van der Waals surface area contributed by atoms with Gasteiger partial charge in [0.1, 0.15) is 5.82 Å². The molecule has 18 heavy (non-hydrogen) atoms. The van der Waals surface area contributed by atoms with Crippen LogP contribution in [-0.4, -0.2) is 10.1 Å². The fraction of sp³-hybridized carbons (Fsp3) is 0.385. The van der Waals surface area contributed by atoms with Crippen molar-refractivity contribution >= 4 is 0 Å². The smallest absolute Gasteiger partial charge is 0.243 e. The lowest BCUT2D eigenvalue weighted by Crippen LogP contribution is -2.21. The van der Waals surface area contributed by atoms with Crippen LogP contribution in [0.15, 0.2) is 28.8 Å². The molecule has 0 saturated heterocycles. The molecule has 0 bridgehead atoms. The normalized spacial score (nSPS) is 13.6. The van der Waals surface area contributed by atoms with Gasteiger partial charge in [0.2, 0.25) is 5.89 Å². The van der Waals surface area contributed by atoms with Crippen molar-refractivity contribution in [3.05, 3.63) is 47.4 Å². The van der Waals surface area contributed by atoms with Crippen LogP contribution >= 0.6 is 0 Å². The number of hydrogen-bond acceptors (Lipinski definition) is 4. The molecule has 0 radical (unpaired) electrons. The van der Waals surface area contributed by atoms with Crippen LogP contribution in [0.5, 0.6) is 0 Å². The van der Waals surface area contributed by atoms with Crippen molar-refractivity contribution in [1.82, 2.24) is 10.1 Å². The lowest BCUT2D eigenvalue weighted by atomic mass is 9.84. The summed E-state index contributed by atoms with van der Waals surface area (Å²) in [5, 5.41) is 3.95. The molecule has 1 aromatic heterocycles. The molecule has 0 aliphatic rings. The van der Waals surface area contributed by atoms with E-state index in [2.05, 4.69) is 10.1 Å². The molecule has 0 fully saturated rings. The van der Waals surface area contributed by atoms with Crippen molar-refractivity contribution in [3.8, 4) is 0 Å². The minimum Gasteiger partial charge on any atom is -0.338 e. The average Bonchev–Trinajstić information content (AvgIpc) is 2.79. The quantitative estimate of drug-likeness (QED) is 0.907. The molecule has 4 nitrogen and oxygen atoms in total. The summed E-state index contributed by atoms with van der Waals surface area (Å²) in [6.45, 7) is 5.69. The molecule has 1 heterocycles. The first-order chi connectivity index (χ1) is 8.41. The molecule has 5 heteroatoms. The van der Waals surface area contributed by atoms with E-state index in [0.717, 1.165) is 5.56 Å². The molecule has 2 rings (SSSR count). The third-order valence-corrected chi connectivity index (χ3v) is 2.96. The molecule has 0 saturated carbocycles. The largest absolute Gasteiger partial charge is 0.338 e. The predicted molar refractivity (Wildman–Crippen MR) is 65.4 cm³/mol. The van der Waals surface area contributed by atoms with Crippen LogP contribution in [0.1, 0.15) is 44.1 Å². The van der Waals surface area contributed by atoms with Crippen LogP contribution in [-0.2, 0) is 5.41 Å². The summed E-state index contributed by atoms with van der Waals surface area (Å²) in [5.74, 6) is 0.681. The van der Waals surface area contributed by atoms with Crippen LogP contribution in [0.25, 0.3) is 0 Å². The first kappa shape index (κ1) is 12.7. The van der Waals surface area contributed by atoms with Gasteiger partial charge in [-0.1, -0.05) is 17.3 Å². The van der Waals surface area contributed by atoms with Gasteiger partial charge in [-0.25, -0.2) is 4.39 Å². The molecular weight excluding hydrogens is 233 g/mol. The van der Waals surface area contributed by atoms with Crippen LogP contribution in [0.3, 0.4) is 0 Å². The molecule has 1 atom stereocenters. The molecule has 0 aliphatic heterocycles. The van der Waals surface area contributed by atoms with Crippen molar-refractivity contribution in [2.75, 3.05) is 0 Å².